The van der Waals surface area contributed by atoms with Crippen molar-refractivity contribution < 1.29 is 30.4 Å². The van der Waals surface area contributed by atoms with Crippen LogP contribution in [-0.2, 0) is 15.2 Å². The molecule has 0 radical (unpaired) electrons. The van der Waals surface area contributed by atoms with Crippen LogP contribution in [0.5, 0.6) is 0 Å². The molecule has 1 rings (SSSR count). The van der Waals surface area contributed by atoms with Crippen molar-refractivity contribution in [2.45, 2.75) is 17.5 Å². The van der Waals surface area contributed by atoms with Crippen molar-refractivity contribution in [2.24, 2.45) is 0 Å². The van der Waals surface area contributed by atoms with Gasteiger partial charge in [0.1, 0.15) is 11.3 Å². The molecule has 0 aliphatic rings. The lowest BCUT2D eigenvalue weighted by atomic mass is 10.2. The first-order chi connectivity index (χ1) is 7.55. The average Bonchev–Trinajstić information content (AvgIpc) is 2.13. The van der Waals surface area contributed by atoms with E-state index in [-0.39, 0.29) is 0 Å². The molecule has 0 amide bonds. The van der Waals surface area contributed by atoms with Crippen LogP contribution in [0.1, 0.15) is 17.7 Å². The molecule has 17 heavy (non-hydrogen) atoms. The molecule has 1 heterocycles. The van der Waals surface area contributed by atoms with Gasteiger partial charge in [-0.1, -0.05) is 0 Å². The standard InChI is InChI=1S/C7H3ClF5NO2S/c8-17(15,16)3-1-2-14-5(6(9)10)4(3)7(11,12)13/h1-2,6H. The number of rotatable bonds is 2. The first-order valence-electron chi connectivity index (χ1n) is 3.84. The SMILES string of the molecule is O=S(=O)(Cl)c1ccnc(C(F)F)c1C(F)(F)F. The van der Waals surface area contributed by atoms with Gasteiger partial charge < -0.3 is 0 Å². The Bertz CT molecular complexity index is 528. The Morgan fingerprint density at radius 1 is 1.29 bits per heavy atom. The maximum absolute atomic E-state index is 12.5. The Kier molecular flexibility index (Phi) is 3.63. The molecule has 0 spiro atoms. The van der Waals surface area contributed by atoms with E-state index >= 15 is 0 Å². The van der Waals surface area contributed by atoms with Crippen LogP contribution in [0.4, 0.5) is 22.0 Å². The zero-order valence-electron chi connectivity index (χ0n) is 7.67. The maximum atomic E-state index is 12.5. The molecule has 3 nitrogen and oxygen atoms in total. The smallest absolute Gasteiger partial charge is 0.255 e. The zero-order chi connectivity index (χ0) is 13.4. The number of pyridine rings is 1. The predicted octanol–water partition coefficient (Wildman–Crippen LogP) is 2.97. The van der Waals surface area contributed by atoms with Gasteiger partial charge in [-0.15, -0.1) is 0 Å². The molecule has 0 N–H and O–H groups in total. The van der Waals surface area contributed by atoms with E-state index in [1.807, 2.05) is 0 Å². The molecule has 0 aliphatic heterocycles. The van der Waals surface area contributed by atoms with Crippen molar-refractivity contribution in [1.29, 1.82) is 0 Å². The van der Waals surface area contributed by atoms with Gasteiger partial charge in [-0.3, -0.25) is 4.98 Å². The van der Waals surface area contributed by atoms with E-state index in [4.69, 9.17) is 10.7 Å². The van der Waals surface area contributed by atoms with Crippen molar-refractivity contribution in [1.82, 2.24) is 4.98 Å². The molecule has 0 atom stereocenters. The summed E-state index contributed by atoms with van der Waals surface area (Å²) in [6.07, 6.45) is -8.34. The lowest BCUT2D eigenvalue weighted by Gasteiger charge is -2.14. The van der Waals surface area contributed by atoms with Gasteiger partial charge in [-0.25, -0.2) is 17.2 Å². The highest BCUT2D eigenvalue weighted by Gasteiger charge is 2.42. The molecule has 1 aromatic heterocycles. The van der Waals surface area contributed by atoms with Crippen molar-refractivity contribution in [3.05, 3.63) is 23.5 Å². The lowest BCUT2D eigenvalue weighted by molar-refractivity contribution is -0.142. The molecule has 0 bridgehead atoms. The second-order valence-corrected chi connectivity index (χ2v) is 5.34. The zero-order valence-corrected chi connectivity index (χ0v) is 9.24. The van der Waals surface area contributed by atoms with E-state index in [1.165, 1.54) is 0 Å². The fourth-order valence-corrected chi connectivity index (χ4v) is 2.19. The van der Waals surface area contributed by atoms with E-state index < -0.39 is 37.8 Å². The molecular formula is C7H3ClF5NO2S. The Morgan fingerprint density at radius 3 is 2.18 bits per heavy atom. The summed E-state index contributed by atoms with van der Waals surface area (Å²) >= 11 is 0. The van der Waals surface area contributed by atoms with Gasteiger partial charge >= 0.3 is 6.18 Å². The second-order valence-electron chi connectivity index (χ2n) is 2.81. The first kappa shape index (κ1) is 14.1. The summed E-state index contributed by atoms with van der Waals surface area (Å²) in [7, 11) is -0.0478. The van der Waals surface area contributed by atoms with Gasteiger partial charge in [0.2, 0.25) is 0 Å². The van der Waals surface area contributed by atoms with Crippen LogP contribution in [0, 0.1) is 0 Å². The number of hydrogen-bond donors (Lipinski definition) is 0. The summed E-state index contributed by atoms with van der Waals surface area (Å²) in [6.45, 7) is 0. The molecule has 0 fully saturated rings. The number of alkyl halides is 5. The molecule has 10 heteroatoms. The molecule has 0 unspecified atom stereocenters. The minimum atomic E-state index is -5.29. The average molecular weight is 296 g/mol. The molecular weight excluding hydrogens is 293 g/mol. The molecule has 96 valence electrons. The van der Waals surface area contributed by atoms with Crippen LogP contribution in [0.25, 0.3) is 0 Å². The number of aromatic nitrogens is 1. The van der Waals surface area contributed by atoms with E-state index in [1.54, 1.807) is 0 Å². The fourth-order valence-electron chi connectivity index (χ4n) is 1.11. The number of halogens is 6. The van der Waals surface area contributed by atoms with Crippen molar-refractivity contribution in [2.75, 3.05) is 0 Å². The van der Waals surface area contributed by atoms with E-state index in [2.05, 4.69) is 4.98 Å². The van der Waals surface area contributed by atoms with Crippen LogP contribution < -0.4 is 0 Å². The highest BCUT2D eigenvalue weighted by Crippen LogP contribution is 2.39. The third kappa shape index (κ3) is 3.03. The maximum Gasteiger partial charge on any atom is 0.419 e. The number of nitrogens with zero attached hydrogens (tertiary/aromatic N) is 1. The van der Waals surface area contributed by atoms with E-state index in [0.717, 1.165) is 0 Å². The van der Waals surface area contributed by atoms with Gasteiger partial charge in [0, 0.05) is 16.9 Å². The second kappa shape index (κ2) is 4.37. The van der Waals surface area contributed by atoms with E-state index in [9.17, 15) is 30.4 Å². The fraction of sp³-hybridized carbons (Fsp3) is 0.286. The minimum Gasteiger partial charge on any atom is -0.255 e. The molecule has 0 aromatic carbocycles. The minimum absolute atomic E-state index is 0.414. The Hall–Kier alpha value is -0.960. The van der Waals surface area contributed by atoms with Gasteiger partial charge in [0.25, 0.3) is 15.5 Å². The van der Waals surface area contributed by atoms with Gasteiger partial charge in [-0.2, -0.15) is 13.2 Å². The summed E-state index contributed by atoms with van der Waals surface area (Å²) in [4.78, 5) is 1.39. The number of hydrogen-bond acceptors (Lipinski definition) is 3. The van der Waals surface area contributed by atoms with Crippen molar-refractivity contribution in [3.8, 4) is 0 Å². The third-order valence-corrected chi connectivity index (χ3v) is 3.06. The van der Waals surface area contributed by atoms with Crippen molar-refractivity contribution >= 4 is 19.7 Å². The van der Waals surface area contributed by atoms with Crippen LogP contribution in [0.3, 0.4) is 0 Å². The van der Waals surface area contributed by atoms with Crippen LogP contribution in [0.2, 0.25) is 0 Å². The van der Waals surface area contributed by atoms with Gasteiger partial charge in [-0.05, 0) is 6.07 Å². The highest BCUT2D eigenvalue weighted by molar-refractivity contribution is 8.13. The Balaban J connectivity index is 3.70. The summed E-state index contributed by atoms with van der Waals surface area (Å²) in [5.74, 6) is 0. The molecule has 0 saturated heterocycles. The Morgan fingerprint density at radius 2 is 1.82 bits per heavy atom. The Labute approximate surface area is 96.6 Å². The van der Waals surface area contributed by atoms with Crippen LogP contribution >= 0.6 is 10.7 Å². The largest absolute Gasteiger partial charge is 0.419 e. The van der Waals surface area contributed by atoms with Gasteiger partial charge in [0.05, 0.1) is 4.90 Å². The molecule has 0 saturated carbocycles. The predicted molar refractivity (Wildman–Crippen MR) is 47.2 cm³/mol. The monoisotopic (exact) mass is 295 g/mol. The summed E-state index contributed by atoms with van der Waals surface area (Å²) < 4.78 is 83.9. The third-order valence-electron chi connectivity index (χ3n) is 1.69. The topological polar surface area (TPSA) is 47.0 Å². The molecule has 1 aromatic rings. The lowest BCUT2D eigenvalue weighted by Crippen LogP contribution is -2.16. The highest BCUT2D eigenvalue weighted by atomic mass is 35.7. The van der Waals surface area contributed by atoms with Gasteiger partial charge in [0.15, 0.2) is 0 Å². The normalized spacial score (nSPS) is 13.1. The first-order valence-corrected chi connectivity index (χ1v) is 6.15. The van der Waals surface area contributed by atoms with Crippen molar-refractivity contribution in [3.63, 3.8) is 0 Å². The van der Waals surface area contributed by atoms with Crippen LogP contribution in [-0.4, -0.2) is 13.4 Å². The summed E-state index contributed by atoms with van der Waals surface area (Å²) in [6, 6.07) is 0.414. The summed E-state index contributed by atoms with van der Waals surface area (Å²) in [5, 5.41) is 0. The summed E-state index contributed by atoms with van der Waals surface area (Å²) in [5.41, 5.74) is -3.70. The van der Waals surface area contributed by atoms with E-state index in [0.29, 0.717) is 12.3 Å². The van der Waals surface area contributed by atoms with Crippen LogP contribution in [0.15, 0.2) is 17.2 Å². The molecule has 0 aliphatic carbocycles. The quantitative estimate of drug-likeness (QED) is 0.622.